The molecule has 0 aromatic carbocycles. The van der Waals surface area contributed by atoms with Crippen LogP contribution in [0.2, 0.25) is 0 Å². The van der Waals surface area contributed by atoms with Crippen LogP contribution >= 0.6 is 0 Å². The quantitative estimate of drug-likeness (QED) is 0.0581. The molecule has 0 aliphatic carbocycles. The number of hydrogen-bond acceptors (Lipinski definition) is 10. The van der Waals surface area contributed by atoms with Crippen molar-refractivity contribution in [2.45, 2.75) is 101 Å². The zero-order chi connectivity index (χ0) is 40.9. The number of rotatable bonds is 30. The maximum absolute atomic E-state index is 12.5. The van der Waals surface area contributed by atoms with Crippen LogP contribution < -0.4 is 21.3 Å². The van der Waals surface area contributed by atoms with Gasteiger partial charge in [-0.15, -0.1) is 0 Å². The minimum Gasteiger partial charge on any atom is -0.481 e. The van der Waals surface area contributed by atoms with E-state index in [1.165, 1.54) is 0 Å². The van der Waals surface area contributed by atoms with Crippen LogP contribution in [0.5, 0.6) is 0 Å². The number of carbonyl (C=O) groups is 6. The van der Waals surface area contributed by atoms with Crippen LogP contribution in [0.25, 0.3) is 0 Å². The van der Waals surface area contributed by atoms with E-state index in [9.17, 15) is 39.0 Å². The van der Waals surface area contributed by atoms with Crippen LogP contribution in [-0.4, -0.2) is 124 Å². The second-order valence-corrected chi connectivity index (χ2v) is 16.3. The zero-order valence-electron chi connectivity index (χ0n) is 33.7. The van der Waals surface area contributed by atoms with Crippen LogP contribution in [0, 0.1) is 27.6 Å². The Morgan fingerprint density at radius 3 is 1.57 bits per heavy atom. The van der Waals surface area contributed by atoms with Crippen LogP contribution in [-0.2, 0) is 47.7 Å². The van der Waals surface area contributed by atoms with Crippen LogP contribution in [0.1, 0.15) is 94.9 Å². The molecule has 4 amide bonds. The Hall–Kier alpha value is -3.34. The first-order valence-electron chi connectivity index (χ1n) is 18.3. The van der Waals surface area contributed by atoms with Crippen LogP contribution in [0.3, 0.4) is 0 Å². The summed E-state index contributed by atoms with van der Waals surface area (Å²) in [4.78, 5) is 71.8. The van der Waals surface area contributed by atoms with Gasteiger partial charge in [0.1, 0.15) is 19.3 Å². The Labute approximate surface area is 315 Å². The van der Waals surface area contributed by atoms with E-state index in [0.717, 1.165) is 0 Å². The van der Waals surface area contributed by atoms with Gasteiger partial charge >= 0.3 is 11.9 Å². The first kappa shape index (κ1) is 49.7. The average Bonchev–Trinajstić information content (AvgIpc) is 3.03. The third-order valence-corrected chi connectivity index (χ3v) is 9.69. The lowest BCUT2D eigenvalue weighted by molar-refractivity contribution is -0.149. The second kappa shape index (κ2) is 24.1. The normalized spacial score (nSPS) is 13.0. The minimum absolute atomic E-state index is 0.0480. The predicted octanol–water partition coefficient (Wildman–Crippen LogP) is 2.38. The van der Waals surface area contributed by atoms with Crippen molar-refractivity contribution >= 4 is 35.6 Å². The number of carboxylic acid groups (broad SMARTS) is 2. The van der Waals surface area contributed by atoms with Crippen molar-refractivity contribution < 1.29 is 57.9 Å². The van der Waals surface area contributed by atoms with Gasteiger partial charge in [0.2, 0.25) is 23.6 Å². The van der Waals surface area contributed by atoms with Crippen molar-refractivity contribution in [1.29, 1.82) is 0 Å². The summed E-state index contributed by atoms with van der Waals surface area (Å²) < 4.78 is 21.4. The molecule has 0 radical (unpaired) electrons. The number of carboxylic acids is 2. The highest BCUT2D eigenvalue weighted by Crippen LogP contribution is 2.43. The van der Waals surface area contributed by atoms with E-state index < -0.39 is 40.6 Å². The predicted molar refractivity (Wildman–Crippen MR) is 198 cm³/mol. The van der Waals surface area contributed by atoms with Crippen molar-refractivity contribution in [3.8, 4) is 0 Å². The van der Waals surface area contributed by atoms with Crippen molar-refractivity contribution in [3.63, 3.8) is 0 Å². The number of ether oxygens (including phenoxy) is 4. The highest BCUT2D eigenvalue weighted by molar-refractivity contribution is 5.85. The molecule has 0 aromatic rings. The van der Waals surface area contributed by atoms with Gasteiger partial charge in [0.25, 0.3) is 0 Å². The number of carbonyl (C=O) groups excluding carboxylic acids is 4. The van der Waals surface area contributed by atoms with E-state index in [1.54, 1.807) is 27.7 Å². The Bertz CT molecular complexity index is 1170. The Morgan fingerprint density at radius 1 is 0.623 bits per heavy atom. The highest BCUT2D eigenvalue weighted by Gasteiger charge is 2.39. The van der Waals surface area contributed by atoms with Crippen molar-refractivity contribution in [2.24, 2.45) is 27.6 Å². The fraction of sp³-hybridized carbons (Fsp3) is 0.838. The Kier molecular flexibility index (Phi) is 22.6. The molecule has 53 heavy (non-hydrogen) atoms. The molecule has 6 N–H and O–H groups in total. The van der Waals surface area contributed by atoms with E-state index in [4.69, 9.17) is 18.9 Å². The standard InChI is InChI=1S/C37H68N4O12/c1-26(2)37(9,10)36(7,8)25-40-31(45)23-53-20-18-51-16-14-39-30(44)22-52-19-17-50-15-13-38-28(42)12-11-27(32(46)47)41-29(43)21-34(3,4)24-35(5,6)33(48)49/h26-27H,11-25H2,1-10H3,(H,38,42)(H,39,44)(H,40,45)(H,41,43)(H,46,47)(H,48,49). The molecule has 0 bridgehead atoms. The van der Waals surface area contributed by atoms with Gasteiger partial charge in [0.05, 0.1) is 45.1 Å². The molecular weight excluding hydrogens is 692 g/mol. The molecule has 0 heterocycles. The second-order valence-electron chi connectivity index (χ2n) is 16.3. The first-order chi connectivity index (χ1) is 24.4. The summed E-state index contributed by atoms with van der Waals surface area (Å²) in [6, 6.07) is -1.27. The van der Waals surface area contributed by atoms with Gasteiger partial charge in [-0.3, -0.25) is 24.0 Å². The zero-order valence-corrected chi connectivity index (χ0v) is 33.7. The molecule has 0 rings (SSSR count). The molecule has 1 atom stereocenters. The van der Waals surface area contributed by atoms with E-state index in [-0.39, 0.29) is 114 Å². The van der Waals surface area contributed by atoms with Gasteiger partial charge in [-0.05, 0) is 48.9 Å². The summed E-state index contributed by atoms with van der Waals surface area (Å²) in [6.07, 6.45) is -0.124. The molecular formula is C37H68N4O12. The van der Waals surface area contributed by atoms with Crippen molar-refractivity contribution in [2.75, 3.05) is 72.5 Å². The van der Waals surface area contributed by atoms with E-state index in [2.05, 4.69) is 62.8 Å². The Balaban J connectivity index is 3.95. The van der Waals surface area contributed by atoms with Gasteiger partial charge in [-0.1, -0.05) is 55.4 Å². The molecule has 16 nitrogen and oxygen atoms in total. The number of nitrogens with one attached hydrogen (secondary N) is 4. The molecule has 0 aliphatic heterocycles. The monoisotopic (exact) mass is 760 g/mol. The summed E-state index contributed by atoms with van der Waals surface area (Å²) >= 11 is 0. The van der Waals surface area contributed by atoms with Gasteiger partial charge in [0, 0.05) is 32.5 Å². The molecule has 308 valence electrons. The summed E-state index contributed by atoms with van der Waals surface area (Å²) in [5.41, 5.74) is -1.78. The number of aliphatic carboxylic acids is 2. The van der Waals surface area contributed by atoms with Crippen LogP contribution in [0.15, 0.2) is 0 Å². The molecule has 0 aromatic heterocycles. The maximum atomic E-state index is 12.5. The fourth-order valence-electron chi connectivity index (χ4n) is 5.36. The summed E-state index contributed by atoms with van der Waals surface area (Å²) in [5, 5.41) is 29.5. The van der Waals surface area contributed by atoms with Gasteiger partial charge < -0.3 is 50.4 Å². The lowest BCUT2D eigenvalue weighted by atomic mass is 9.62. The topological polar surface area (TPSA) is 228 Å². The van der Waals surface area contributed by atoms with Gasteiger partial charge in [-0.25, -0.2) is 4.79 Å². The smallest absolute Gasteiger partial charge is 0.326 e. The molecule has 16 heteroatoms. The molecule has 1 unspecified atom stereocenters. The molecule has 0 saturated heterocycles. The SMILES string of the molecule is CC(C)C(C)(C)C(C)(C)CNC(=O)COCCOCCNC(=O)COCCOCCNC(=O)CCC(NC(=O)CC(C)(C)CC(C)(C)C(=O)O)C(=O)O. The van der Waals surface area contributed by atoms with Gasteiger partial charge in [-0.2, -0.15) is 0 Å². The minimum atomic E-state index is -1.28. The molecule has 0 saturated carbocycles. The largest absolute Gasteiger partial charge is 0.481 e. The van der Waals surface area contributed by atoms with E-state index in [1.807, 2.05) is 0 Å². The lowest BCUT2D eigenvalue weighted by Crippen LogP contribution is -2.46. The van der Waals surface area contributed by atoms with Crippen molar-refractivity contribution in [3.05, 3.63) is 0 Å². The molecule has 0 fully saturated rings. The highest BCUT2D eigenvalue weighted by atomic mass is 16.5. The first-order valence-corrected chi connectivity index (χ1v) is 18.3. The number of hydrogen-bond donors (Lipinski definition) is 6. The lowest BCUT2D eigenvalue weighted by Gasteiger charge is -2.45. The molecule has 0 aliphatic rings. The average molecular weight is 761 g/mol. The maximum Gasteiger partial charge on any atom is 0.326 e. The number of amides is 4. The Morgan fingerprint density at radius 2 is 1.09 bits per heavy atom. The summed E-state index contributed by atoms with van der Waals surface area (Å²) in [6.45, 7) is 21.8. The van der Waals surface area contributed by atoms with Crippen molar-refractivity contribution in [1.82, 2.24) is 21.3 Å². The van der Waals surface area contributed by atoms with E-state index in [0.29, 0.717) is 12.5 Å². The third-order valence-electron chi connectivity index (χ3n) is 9.69. The summed E-state index contributed by atoms with van der Waals surface area (Å²) in [5.74, 6) is -3.24. The van der Waals surface area contributed by atoms with Crippen LogP contribution in [0.4, 0.5) is 0 Å². The fourth-order valence-corrected chi connectivity index (χ4v) is 5.36. The summed E-state index contributed by atoms with van der Waals surface area (Å²) in [7, 11) is 0. The van der Waals surface area contributed by atoms with E-state index >= 15 is 0 Å². The molecule has 0 spiro atoms. The third kappa shape index (κ3) is 21.8. The van der Waals surface area contributed by atoms with Gasteiger partial charge in [0.15, 0.2) is 0 Å².